The Morgan fingerprint density at radius 3 is 2.63 bits per heavy atom. The zero-order chi connectivity index (χ0) is 13.4. The Hall–Kier alpha value is -1.07. The number of aromatic hydroxyl groups is 1. The van der Waals surface area contributed by atoms with E-state index in [-0.39, 0.29) is 17.7 Å². The molecular formula is C14H17BrN2O2. The topological polar surface area (TPSA) is 61.4 Å². The number of hydrogen-bond donors (Lipinski definition) is 3. The summed E-state index contributed by atoms with van der Waals surface area (Å²) in [6.45, 7) is 0. The van der Waals surface area contributed by atoms with Crippen molar-refractivity contribution in [2.24, 2.45) is 0 Å². The number of phenols is 1. The van der Waals surface area contributed by atoms with Crippen LogP contribution < -0.4 is 10.6 Å². The summed E-state index contributed by atoms with van der Waals surface area (Å²) in [7, 11) is 0. The molecule has 2 aliphatic rings. The van der Waals surface area contributed by atoms with Gasteiger partial charge in [-0.15, -0.1) is 0 Å². The fraction of sp³-hybridized carbons (Fsp3) is 0.500. The van der Waals surface area contributed by atoms with Crippen LogP contribution in [0.15, 0.2) is 22.7 Å². The first-order chi connectivity index (χ1) is 9.11. The van der Waals surface area contributed by atoms with Crippen molar-refractivity contribution in [2.45, 2.75) is 43.8 Å². The third-order valence-electron chi connectivity index (χ3n) is 4.02. The van der Waals surface area contributed by atoms with Gasteiger partial charge in [0.25, 0.3) is 5.91 Å². The standard InChI is InChI=1S/C14H17BrN2O2/c15-12-4-1-8(5-13(12)18)14(19)17-11-6-9-2-3-10(7-11)16-9/h1,4-5,9-11,16,18H,2-3,6-7H2,(H,17,19). The number of amides is 1. The average Bonchev–Trinajstić information content (AvgIpc) is 2.72. The summed E-state index contributed by atoms with van der Waals surface area (Å²) in [6.07, 6.45) is 4.45. The number of carbonyl (C=O) groups excluding carboxylic acids is 1. The summed E-state index contributed by atoms with van der Waals surface area (Å²) in [4.78, 5) is 12.2. The van der Waals surface area contributed by atoms with Crippen LogP contribution in [0.25, 0.3) is 0 Å². The second kappa shape index (κ2) is 5.13. The number of halogens is 1. The molecule has 3 rings (SSSR count). The van der Waals surface area contributed by atoms with Crippen LogP contribution in [0.4, 0.5) is 0 Å². The highest BCUT2D eigenvalue weighted by Crippen LogP contribution is 2.28. The Labute approximate surface area is 120 Å². The van der Waals surface area contributed by atoms with Crippen molar-refractivity contribution >= 4 is 21.8 Å². The van der Waals surface area contributed by atoms with Gasteiger partial charge in [0.15, 0.2) is 0 Å². The maximum atomic E-state index is 12.2. The molecule has 1 aromatic rings. The van der Waals surface area contributed by atoms with Gasteiger partial charge < -0.3 is 15.7 Å². The number of fused-ring (bicyclic) bond motifs is 2. The first-order valence-electron chi connectivity index (χ1n) is 6.67. The van der Waals surface area contributed by atoms with Crippen molar-refractivity contribution in [3.05, 3.63) is 28.2 Å². The van der Waals surface area contributed by atoms with Crippen molar-refractivity contribution in [2.75, 3.05) is 0 Å². The average molecular weight is 325 g/mol. The maximum absolute atomic E-state index is 12.2. The van der Waals surface area contributed by atoms with Gasteiger partial charge in [-0.3, -0.25) is 4.79 Å². The van der Waals surface area contributed by atoms with Crippen LogP contribution in [0, 0.1) is 0 Å². The molecule has 0 radical (unpaired) electrons. The van der Waals surface area contributed by atoms with Crippen LogP contribution in [0.1, 0.15) is 36.0 Å². The Morgan fingerprint density at radius 1 is 1.32 bits per heavy atom. The molecule has 1 amide bonds. The molecule has 0 aliphatic carbocycles. The lowest BCUT2D eigenvalue weighted by Gasteiger charge is -2.29. The fourth-order valence-corrected chi connectivity index (χ4v) is 3.34. The molecule has 0 saturated carbocycles. The highest BCUT2D eigenvalue weighted by Gasteiger charge is 2.34. The van der Waals surface area contributed by atoms with Crippen molar-refractivity contribution in [1.29, 1.82) is 0 Å². The monoisotopic (exact) mass is 324 g/mol. The molecular weight excluding hydrogens is 308 g/mol. The smallest absolute Gasteiger partial charge is 0.251 e. The van der Waals surface area contributed by atoms with E-state index in [0.29, 0.717) is 22.1 Å². The summed E-state index contributed by atoms with van der Waals surface area (Å²) in [6, 6.07) is 6.27. The van der Waals surface area contributed by atoms with E-state index in [2.05, 4.69) is 26.6 Å². The summed E-state index contributed by atoms with van der Waals surface area (Å²) in [5.41, 5.74) is 0.506. The molecule has 2 aliphatic heterocycles. The van der Waals surface area contributed by atoms with Gasteiger partial charge in [0.2, 0.25) is 0 Å². The van der Waals surface area contributed by atoms with Crippen LogP contribution in [0.3, 0.4) is 0 Å². The summed E-state index contributed by atoms with van der Waals surface area (Å²) < 4.78 is 0.601. The molecule has 19 heavy (non-hydrogen) atoms. The Bertz CT molecular complexity index is 494. The van der Waals surface area contributed by atoms with Crippen LogP contribution in [-0.4, -0.2) is 29.1 Å². The molecule has 2 heterocycles. The third-order valence-corrected chi connectivity index (χ3v) is 4.69. The van der Waals surface area contributed by atoms with E-state index in [1.807, 2.05) is 0 Å². The van der Waals surface area contributed by atoms with E-state index in [0.717, 1.165) is 12.8 Å². The number of piperidine rings is 1. The minimum atomic E-state index is -0.103. The van der Waals surface area contributed by atoms with Crippen molar-refractivity contribution in [3.63, 3.8) is 0 Å². The largest absolute Gasteiger partial charge is 0.507 e. The molecule has 2 saturated heterocycles. The molecule has 1 aromatic carbocycles. The number of carbonyl (C=O) groups is 1. The Balaban J connectivity index is 1.66. The number of phenolic OH excluding ortho intramolecular Hbond substituents is 1. The molecule has 0 aromatic heterocycles. The third kappa shape index (κ3) is 2.77. The predicted molar refractivity (Wildman–Crippen MR) is 76.2 cm³/mol. The first-order valence-corrected chi connectivity index (χ1v) is 7.46. The molecule has 5 heteroatoms. The second-order valence-electron chi connectivity index (χ2n) is 5.45. The highest BCUT2D eigenvalue weighted by atomic mass is 79.9. The maximum Gasteiger partial charge on any atom is 0.251 e. The molecule has 2 atom stereocenters. The number of nitrogens with one attached hydrogen (secondary N) is 2. The molecule has 4 nitrogen and oxygen atoms in total. The van der Waals surface area contributed by atoms with E-state index in [9.17, 15) is 9.90 Å². The molecule has 2 unspecified atom stereocenters. The van der Waals surface area contributed by atoms with Gasteiger partial charge in [-0.2, -0.15) is 0 Å². The molecule has 2 bridgehead atoms. The van der Waals surface area contributed by atoms with E-state index >= 15 is 0 Å². The van der Waals surface area contributed by atoms with Crippen LogP contribution in [0.5, 0.6) is 5.75 Å². The van der Waals surface area contributed by atoms with E-state index in [1.165, 1.54) is 18.9 Å². The van der Waals surface area contributed by atoms with Crippen LogP contribution in [-0.2, 0) is 0 Å². The first kappa shape index (κ1) is 12.9. The summed E-state index contributed by atoms with van der Waals surface area (Å²) in [5, 5.41) is 16.2. The van der Waals surface area contributed by atoms with Crippen molar-refractivity contribution < 1.29 is 9.90 Å². The van der Waals surface area contributed by atoms with Gasteiger partial charge in [0.05, 0.1) is 4.47 Å². The van der Waals surface area contributed by atoms with Gasteiger partial charge in [-0.1, -0.05) is 0 Å². The Kier molecular flexibility index (Phi) is 3.50. The molecule has 2 fully saturated rings. The van der Waals surface area contributed by atoms with Crippen molar-refractivity contribution in [3.8, 4) is 5.75 Å². The van der Waals surface area contributed by atoms with Gasteiger partial charge in [-0.05, 0) is 59.8 Å². The minimum Gasteiger partial charge on any atom is -0.507 e. The van der Waals surface area contributed by atoms with Gasteiger partial charge in [0, 0.05) is 23.7 Å². The normalized spacial score (nSPS) is 29.2. The molecule has 102 valence electrons. The minimum absolute atomic E-state index is 0.0954. The zero-order valence-corrected chi connectivity index (χ0v) is 12.1. The summed E-state index contributed by atoms with van der Waals surface area (Å²) >= 11 is 3.21. The van der Waals surface area contributed by atoms with E-state index in [4.69, 9.17) is 0 Å². The molecule has 3 N–H and O–H groups in total. The van der Waals surface area contributed by atoms with Gasteiger partial charge >= 0.3 is 0 Å². The lowest BCUT2D eigenvalue weighted by atomic mass is 9.99. The second-order valence-corrected chi connectivity index (χ2v) is 6.30. The summed E-state index contributed by atoms with van der Waals surface area (Å²) in [5.74, 6) is -0.00729. The number of benzene rings is 1. The lowest BCUT2D eigenvalue weighted by molar-refractivity contribution is 0.0923. The van der Waals surface area contributed by atoms with Gasteiger partial charge in [-0.25, -0.2) is 0 Å². The number of hydrogen-bond acceptors (Lipinski definition) is 3. The highest BCUT2D eigenvalue weighted by molar-refractivity contribution is 9.10. The van der Waals surface area contributed by atoms with Crippen molar-refractivity contribution in [1.82, 2.24) is 10.6 Å². The Morgan fingerprint density at radius 2 is 2.00 bits per heavy atom. The quantitative estimate of drug-likeness (QED) is 0.781. The zero-order valence-electron chi connectivity index (χ0n) is 10.5. The molecule has 0 spiro atoms. The SMILES string of the molecule is O=C(NC1CC2CCC(C1)N2)c1ccc(Br)c(O)c1. The predicted octanol–water partition coefficient (Wildman–Crippen LogP) is 2.17. The van der Waals surface area contributed by atoms with E-state index in [1.54, 1.807) is 12.1 Å². The van der Waals surface area contributed by atoms with Gasteiger partial charge in [0.1, 0.15) is 5.75 Å². The van der Waals surface area contributed by atoms with Crippen LogP contribution in [0.2, 0.25) is 0 Å². The lowest BCUT2D eigenvalue weighted by Crippen LogP contribution is -2.48. The number of rotatable bonds is 2. The van der Waals surface area contributed by atoms with Crippen LogP contribution >= 0.6 is 15.9 Å². The van der Waals surface area contributed by atoms with E-state index < -0.39 is 0 Å². The fourth-order valence-electron chi connectivity index (χ4n) is 3.10.